The van der Waals surface area contributed by atoms with Crippen molar-refractivity contribution in [1.82, 2.24) is 10.6 Å². The van der Waals surface area contributed by atoms with Crippen molar-refractivity contribution in [3.63, 3.8) is 0 Å². The maximum absolute atomic E-state index is 11.7. The molecule has 0 fully saturated rings. The van der Waals surface area contributed by atoms with Crippen molar-refractivity contribution in [3.8, 4) is 0 Å². The number of fused-ring (bicyclic) bond motifs is 1. The Bertz CT molecular complexity index is 650. The topological polar surface area (TPSA) is 41.1 Å². The fourth-order valence-corrected chi connectivity index (χ4v) is 4.09. The van der Waals surface area contributed by atoms with Gasteiger partial charge in [0, 0.05) is 23.5 Å². The number of benzene rings is 1. The summed E-state index contributed by atoms with van der Waals surface area (Å²) in [4.78, 5) is 13.2. The van der Waals surface area contributed by atoms with Crippen LogP contribution in [0.5, 0.6) is 0 Å². The summed E-state index contributed by atoms with van der Waals surface area (Å²) in [7, 11) is 1.66. The van der Waals surface area contributed by atoms with E-state index in [-0.39, 0.29) is 5.91 Å². The molecule has 1 aliphatic carbocycles. The molecule has 2 aromatic rings. The third kappa shape index (κ3) is 3.39. The molecule has 1 aromatic heterocycles. The van der Waals surface area contributed by atoms with Crippen molar-refractivity contribution >= 4 is 17.2 Å². The summed E-state index contributed by atoms with van der Waals surface area (Å²) < 4.78 is 0. The standard InChI is InChI=1S/C18H22N2OS/c1-19-18(21)14-5-2-4-13(12-14)8-10-20-16-6-3-7-17-15(16)9-11-22-17/h2,4-5,9,11-12,16,20H,3,6-8,10H2,1H3,(H,19,21)/t16-/m1/s1. The summed E-state index contributed by atoms with van der Waals surface area (Å²) in [6, 6.07) is 10.6. The van der Waals surface area contributed by atoms with Crippen molar-refractivity contribution in [2.75, 3.05) is 13.6 Å². The van der Waals surface area contributed by atoms with E-state index in [0.29, 0.717) is 6.04 Å². The molecule has 1 heterocycles. The van der Waals surface area contributed by atoms with E-state index in [9.17, 15) is 4.79 Å². The highest BCUT2D eigenvalue weighted by Crippen LogP contribution is 2.33. The van der Waals surface area contributed by atoms with Crippen LogP contribution in [0.4, 0.5) is 0 Å². The molecule has 0 bridgehead atoms. The number of carbonyl (C=O) groups is 1. The number of carbonyl (C=O) groups excluding carboxylic acids is 1. The van der Waals surface area contributed by atoms with Crippen LogP contribution >= 0.6 is 11.3 Å². The molecule has 3 rings (SSSR count). The van der Waals surface area contributed by atoms with Crippen molar-refractivity contribution in [1.29, 1.82) is 0 Å². The number of rotatable bonds is 5. The molecule has 2 N–H and O–H groups in total. The van der Waals surface area contributed by atoms with Crippen molar-refractivity contribution in [2.45, 2.75) is 31.7 Å². The molecule has 3 nitrogen and oxygen atoms in total. The Kier molecular flexibility index (Phi) is 4.90. The number of aryl methyl sites for hydroxylation is 1. The van der Waals surface area contributed by atoms with Crippen LogP contribution in [-0.4, -0.2) is 19.5 Å². The van der Waals surface area contributed by atoms with Gasteiger partial charge in [-0.25, -0.2) is 0 Å². The van der Waals surface area contributed by atoms with Gasteiger partial charge < -0.3 is 10.6 Å². The number of amides is 1. The summed E-state index contributed by atoms with van der Waals surface area (Å²) in [5.74, 6) is -0.0231. The highest BCUT2D eigenvalue weighted by Gasteiger charge is 2.20. The van der Waals surface area contributed by atoms with Gasteiger partial charge in [0.05, 0.1) is 0 Å². The second kappa shape index (κ2) is 7.07. The van der Waals surface area contributed by atoms with E-state index < -0.39 is 0 Å². The van der Waals surface area contributed by atoms with Gasteiger partial charge in [0.15, 0.2) is 0 Å². The van der Waals surface area contributed by atoms with Crippen LogP contribution in [0.1, 0.15) is 45.2 Å². The minimum Gasteiger partial charge on any atom is -0.355 e. The highest BCUT2D eigenvalue weighted by molar-refractivity contribution is 7.10. The van der Waals surface area contributed by atoms with E-state index in [1.54, 1.807) is 11.9 Å². The fraction of sp³-hybridized carbons (Fsp3) is 0.389. The minimum absolute atomic E-state index is 0.0231. The van der Waals surface area contributed by atoms with Gasteiger partial charge in [-0.2, -0.15) is 0 Å². The number of hydrogen-bond donors (Lipinski definition) is 2. The van der Waals surface area contributed by atoms with Gasteiger partial charge in [0.25, 0.3) is 5.91 Å². The minimum atomic E-state index is -0.0231. The van der Waals surface area contributed by atoms with E-state index in [0.717, 1.165) is 18.5 Å². The summed E-state index contributed by atoms with van der Waals surface area (Å²) >= 11 is 1.88. The lowest BCUT2D eigenvalue weighted by Gasteiger charge is -2.23. The first kappa shape index (κ1) is 15.3. The Morgan fingerprint density at radius 2 is 2.27 bits per heavy atom. The maximum atomic E-state index is 11.7. The van der Waals surface area contributed by atoms with Gasteiger partial charge in [0.2, 0.25) is 0 Å². The maximum Gasteiger partial charge on any atom is 0.251 e. The van der Waals surface area contributed by atoms with Gasteiger partial charge in [-0.1, -0.05) is 12.1 Å². The normalized spacial score (nSPS) is 17.0. The van der Waals surface area contributed by atoms with Crippen LogP contribution in [-0.2, 0) is 12.8 Å². The summed E-state index contributed by atoms with van der Waals surface area (Å²) in [6.07, 6.45) is 4.68. The fourth-order valence-electron chi connectivity index (χ4n) is 3.10. The predicted octanol–water partition coefficient (Wildman–Crippen LogP) is 3.32. The first-order valence-electron chi connectivity index (χ1n) is 7.88. The van der Waals surface area contributed by atoms with Gasteiger partial charge >= 0.3 is 0 Å². The second-order valence-electron chi connectivity index (χ2n) is 5.73. The van der Waals surface area contributed by atoms with Crippen LogP contribution in [0.15, 0.2) is 35.7 Å². The lowest BCUT2D eigenvalue weighted by Crippen LogP contribution is -2.26. The van der Waals surface area contributed by atoms with E-state index in [1.165, 1.54) is 30.4 Å². The average molecular weight is 314 g/mol. The summed E-state index contributed by atoms with van der Waals surface area (Å²) in [5.41, 5.74) is 3.43. The van der Waals surface area contributed by atoms with Gasteiger partial charge in [-0.3, -0.25) is 4.79 Å². The molecule has 0 saturated carbocycles. The molecule has 1 aliphatic rings. The highest BCUT2D eigenvalue weighted by atomic mass is 32.1. The number of thiophene rings is 1. The van der Waals surface area contributed by atoms with E-state index in [2.05, 4.69) is 28.1 Å². The first-order chi connectivity index (χ1) is 10.8. The number of nitrogens with one attached hydrogen (secondary N) is 2. The lowest BCUT2D eigenvalue weighted by atomic mass is 9.94. The smallest absolute Gasteiger partial charge is 0.251 e. The Labute approximate surface area is 135 Å². The Morgan fingerprint density at radius 1 is 1.36 bits per heavy atom. The average Bonchev–Trinajstić information content (AvgIpc) is 3.04. The Morgan fingerprint density at radius 3 is 3.14 bits per heavy atom. The number of hydrogen-bond acceptors (Lipinski definition) is 3. The largest absolute Gasteiger partial charge is 0.355 e. The van der Waals surface area contributed by atoms with Crippen molar-refractivity contribution in [3.05, 3.63) is 57.3 Å². The van der Waals surface area contributed by atoms with Crippen LogP contribution in [0.25, 0.3) is 0 Å². The molecule has 1 atom stereocenters. The molecule has 22 heavy (non-hydrogen) atoms. The van der Waals surface area contributed by atoms with Crippen LogP contribution < -0.4 is 10.6 Å². The first-order valence-corrected chi connectivity index (χ1v) is 8.76. The van der Waals surface area contributed by atoms with Crippen molar-refractivity contribution in [2.24, 2.45) is 0 Å². The Balaban J connectivity index is 1.57. The predicted molar refractivity (Wildman–Crippen MR) is 91.5 cm³/mol. The SMILES string of the molecule is CNC(=O)c1cccc(CCN[C@@H]2CCCc3sccc32)c1. The molecule has 0 saturated heterocycles. The molecule has 1 amide bonds. The zero-order chi connectivity index (χ0) is 15.4. The van der Waals surface area contributed by atoms with Crippen LogP contribution in [0.2, 0.25) is 0 Å². The molecule has 116 valence electrons. The molecular weight excluding hydrogens is 292 g/mol. The summed E-state index contributed by atoms with van der Waals surface area (Å²) in [5, 5.41) is 8.56. The van der Waals surface area contributed by atoms with Gasteiger partial charge in [-0.15, -0.1) is 11.3 Å². The summed E-state index contributed by atoms with van der Waals surface area (Å²) in [6.45, 7) is 0.942. The molecule has 0 spiro atoms. The molecular formula is C18H22N2OS. The van der Waals surface area contributed by atoms with E-state index >= 15 is 0 Å². The third-order valence-electron chi connectivity index (χ3n) is 4.27. The van der Waals surface area contributed by atoms with Crippen molar-refractivity contribution < 1.29 is 4.79 Å². The van der Waals surface area contributed by atoms with Crippen LogP contribution in [0, 0.1) is 0 Å². The molecule has 4 heteroatoms. The zero-order valence-electron chi connectivity index (χ0n) is 12.9. The zero-order valence-corrected chi connectivity index (χ0v) is 13.7. The van der Waals surface area contributed by atoms with Crippen LogP contribution in [0.3, 0.4) is 0 Å². The third-order valence-corrected chi connectivity index (χ3v) is 5.27. The van der Waals surface area contributed by atoms with E-state index in [1.807, 2.05) is 29.5 Å². The quantitative estimate of drug-likeness (QED) is 0.889. The van der Waals surface area contributed by atoms with Gasteiger partial charge in [-0.05, 0) is 66.9 Å². The molecule has 1 aromatic carbocycles. The second-order valence-corrected chi connectivity index (χ2v) is 6.73. The Hall–Kier alpha value is -1.65. The molecule has 0 unspecified atom stereocenters. The molecule has 0 radical (unpaired) electrons. The molecule has 0 aliphatic heterocycles. The van der Waals surface area contributed by atoms with Gasteiger partial charge in [0.1, 0.15) is 0 Å². The monoisotopic (exact) mass is 314 g/mol. The van der Waals surface area contributed by atoms with E-state index in [4.69, 9.17) is 0 Å². The lowest BCUT2D eigenvalue weighted by molar-refractivity contribution is 0.0963.